The fourth-order valence-corrected chi connectivity index (χ4v) is 1.40. The van der Waals surface area contributed by atoms with E-state index in [2.05, 4.69) is 5.32 Å². The first kappa shape index (κ1) is 13.6. The first-order chi connectivity index (χ1) is 8.08. The van der Waals surface area contributed by atoms with Gasteiger partial charge < -0.3 is 14.8 Å². The topological polar surface area (TPSA) is 47.6 Å². The van der Waals surface area contributed by atoms with Gasteiger partial charge in [-0.1, -0.05) is 6.07 Å². The molecule has 0 unspecified atom stereocenters. The molecule has 17 heavy (non-hydrogen) atoms. The van der Waals surface area contributed by atoms with Crippen LogP contribution in [-0.4, -0.2) is 25.5 Å². The number of carbonyl (C=O) groups excluding carboxylic acids is 1. The van der Waals surface area contributed by atoms with Gasteiger partial charge in [-0.05, 0) is 24.6 Å². The van der Waals surface area contributed by atoms with Crippen molar-refractivity contribution in [3.63, 3.8) is 0 Å². The summed E-state index contributed by atoms with van der Waals surface area (Å²) < 4.78 is 10.3. The number of ether oxygens (including phenoxy) is 2. The number of hydrogen-bond acceptors (Lipinski definition) is 3. The van der Waals surface area contributed by atoms with Crippen LogP contribution in [0.1, 0.15) is 12.5 Å². The molecule has 0 aliphatic heterocycles. The van der Waals surface area contributed by atoms with E-state index in [1.54, 1.807) is 27.2 Å². The van der Waals surface area contributed by atoms with Gasteiger partial charge in [-0.3, -0.25) is 4.79 Å². The summed E-state index contributed by atoms with van der Waals surface area (Å²) in [6.45, 7) is 2.04. The Labute approximate surface area is 106 Å². The summed E-state index contributed by atoms with van der Waals surface area (Å²) in [6, 6.07) is 5.48. The van der Waals surface area contributed by atoms with Crippen molar-refractivity contribution >= 4 is 17.5 Å². The number of halogens is 1. The molecule has 0 heterocycles. The molecule has 0 saturated heterocycles. The fourth-order valence-electron chi connectivity index (χ4n) is 1.32. The molecule has 1 rings (SSSR count). The quantitative estimate of drug-likeness (QED) is 0.821. The Morgan fingerprint density at radius 1 is 1.35 bits per heavy atom. The molecule has 1 amide bonds. The number of amides is 1. The van der Waals surface area contributed by atoms with Crippen LogP contribution < -0.4 is 14.8 Å². The summed E-state index contributed by atoms with van der Waals surface area (Å²) in [7, 11) is 3.15. The van der Waals surface area contributed by atoms with E-state index in [1.165, 1.54) is 0 Å². The minimum Gasteiger partial charge on any atom is -0.493 e. The molecular formula is C12H16ClNO3. The van der Waals surface area contributed by atoms with E-state index in [0.29, 0.717) is 18.0 Å². The summed E-state index contributed by atoms with van der Waals surface area (Å²) in [5.41, 5.74) is 0.924. The summed E-state index contributed by atoms with van der Waals surface area (Å²) in [5.74, 6) is 1.10. The van der Waals surface area contributed by atoms with Crippen molar-refractivity contribution in [3.8, 4) is 11.5 Å². The van der Waals surface area contributed by atoms with Crippen LogP contribution in [0.5, 0.6) is 11.5 Å². The predicted molar refractivity (Wildman–Crippen MR) is 66.7 cm³/mol. The van der Waals surface area contributed by atoms with Crippen molar-refractivity contribution in [2.45, 2.75) is 18.8 Å². The third-order valence-corrected chi connectivity index (χ3v) is 2.47. The minimum atomic E-state index is -0.532. The third-order valence-electron chi connectivity index (χ3n) is 2.28. The van der Waals surface area contributed by atoms with Crippen LogP contribution >= 0.6 is 11.6 Å². The maximum Gasteiger partial charge on any atom is 0.238 e. The van der Waals surface area contributed by atoms with Crippen LogP contribution in [0.4, 0.5) is 0 Å². The highest BCUT2D eigenvalue weighted by molar-refractivity contribution is 6.30. The van der Waals surface area contributed by atoms with E-state index in [0.717, 1.165) is 5.56 Å². The molecule has 0 fully saturated rings. The third kappa shape index (κ3) is 3.82. The maximum atomic E-state index is 11.3. The van der Waals surface area contributed by atoms with Crippen molar-refractivity contribution in [2.24, 2.45) is 0 Å². The summed E-state index contributed by atoms with van der Waals surface area (Å²) in [5, 5.41) is 2.19. The van der Waals surface area contributed by atoms with Crippen LogP contribution in [0.3, 0.4) is 0 Å². The lowest BCUT2D eigenvalue weighted by Crippen LogP contribution is -2.29. The van der Waals surface area contributed by atoms with Gasteiger partial charge in [0.15, 0.2) is 11.5 Å². The summed E-state index contributed by atoms with van der Waals surface area (Å²) in [6.07, 6.45) is 0. The van der Waals surface area contributed by atoms with E-state index in [4.69, 9.17) is 21.1 Å². The molecule has 1 atom stereocenters. The average Bonchev–Trinajstić information content (AvgIpc) is 2.35. The molecule has 5 heteroatoms. The number of benzene rings is 1. The Balaban J connectivity index is 2.69. The van der Waals surface area contributed by atoms with E-state index in [9.17, 15) is 4.79 Å². The van der Waals surface area contributed by atoms with Crippen LogP contribution in [0.15, 0.2) is 18.2 Å². The molecule has 1 aromatic carbocycles. The Hall–Kier alpha value is -1.42. The van der Waals surface area contributed by atoms with E-state index in [-0.39, 0.29) is 5.91 Å². The predicted octanol–water partition coefficient (Wildman–Crippen LogP) is 1.95. The Morgan fingerprint density at radius 3 is 2.53 bits per heavy atom. The highest BCUT2D eigenvalue weighted by atomic mass is 35.5. The molecule has 0 aliphatic carbocycles. The van der Waals surface area contributed by atoms with Gasteiger partial charge in [0, 0.05) is 6.54 Å². The summed E-state index contributed by atoms with van der Waals surface area (Å²) in [4.78, 5) is 11.3. The van der Waals surface area contributed by atoms with Gasteiger partial charge in [-0.15, -0.1) is 11.6 Å². The van der Waals surface area contributed by atoms with Crippen molar-refractivity contribution in [2.75, 3.05) is 14.2 Å². The molecular weight excluding hydrogens is 242 g/mol. The van der Waals surface area contributed by atoms with Gasteiger partial charge in [0.25, 0.3) is 0 Å². The smallest absolute Gasteiger partial charge is 0.238 e. The number of nitrogens with one attached hydrogen (secondary N) is 1. The van der Waals surface area contributed by atoms with E-state index < -0.39 is 5.38 Å². The second kappa shape index (κ2) is 6.35. The molecule has 94 valence electrons. The second-order valence-electron chi connectivity index (χ2n) is 3.52. The molecule has 1 aromatic rings. The molecule has 4 nitrogen and oxygen atoms in total. The van der Waals surface area contributed by atoms with Crippen molar-refractivity contribution in [3.05, 3.63) is 23.8 Å². The minimum absolute atomic E-state index is 0.193. The van der Waals surface area contributed by atoms with Gasteiger partial charge in [0.2, 0.25) is 5.91 Å². The van der Waals surface area contributed by atoms with Gasteiger partial charge in [0.1, 0.15) is 5.38 Å². The zero-order chi connectivity index (χ0) is 12.8. The summed E-state index contributed by atoms with van der Waals surface area (Å²) >= 11 is 5.64. The zero-order valence-corrected chi connectivity index (χ0v) is 10.9. The van der Waals surface area contributed by atoms with Crippen molar-refractivity contribution in [1.29, 1.82) is 0 Å². The lowest BCUT2D eigenvalue weighted by atomic mass is 10.2. The number of carbonyl (C=O) groups is 1. The second-order valence-corrected chi connectivity index (χ2v) is 4.18. The molecule has 0 radical (unpaired) electrons. The molecule has 0 spiro atoms. The monoisotopic (exact) mass is 257 g/mol. The largest absolute Gasteiger partial charge is 0.493 e. The number of methoxy groups -OCH3 is 2. The Bertz CT molecular complexity index is 393. The van der Waals surface area contributed by atoms with Crippen LogP contribution in [0.25, 0.3) is 0 Å². The number of rotatable bonds is 5. The number of alkyl halides is 1. The first-order valence-electron chi connectivity index (χ1n) is 5.21. The lowest BCUT2D eigenvalue weighted by Gasteiger charge is -2.10. The molecule has 0 aliphatic rings. The highest BCUT2D eigenvalue weighted by Crippen LogP contribution is 2.27. The normalized spacial score (nSPS) is 11.8. The van der Waals surface area contributed by atoms with Gasteiger partial charge in [0.05, 0.1) is 14.2 Å². The molecule has 0 aromatic heterocycles. The Morgan fingerprint density at radius 2 is 2.00 bits per heavy atom. The SMILES string of the molecule is COc1ccc(CNC(=O)[C@H](C)Cl)cc1OC. The Kier molecular flexibility index (Phi) is 5.10. The number of hydrogen-bond donors (Lipinski definition) is 1. The van der Waals surface area contributed by atoms with Gasteiger partial charge in [-0.25, -0.2) is 0 Å². The molecule has 1 N–H and O–H groups in total. The standard InChI is InChI=1S/C12H16ClNO3/c1-8(13)12(15)14-7-9-4-5-10(16-2)11(6-9)17-3/h4-6,8H,7H2,1-3H3,(H,14,15)/t8-/m0/s1. The van der Waals surface area contributed by atoms with Crippen LogP contribution in [0, 0.1) is 0 Å². The molecule has 0 bridgehead atoms. The van der Waals surface area contributed by atoms with Gasteiger partial charge in [-0.2, -0.15) is 0 Å². The molecule has 0 saturated carbocycles. The zero-order valence-electron chi connectivity index (χ0n) is 10.1. The van der Waals surface area contributed by atoms with E-state index in [1.807, 2.05) is 12.1 Å². The van der Waals surface area contributed by atoms with Crippen molar-refractivity contribution in [1.82, 2.24) is 5.32 Å². The van der Waals surface area contributed by atoms with Crippen LogP contribution in [-0.2, 0) is 11.3 Å². The van der Waals surface area contributed by atoms with Crippen LogP contribution in [0.2, 0.25) is 0 Å². The highest BCUT2D eigenvalue weighted by Gasteiger charge is 2.09. The maximum absolute atomic E-state index is 11.3. The fraction of sp³-hybridized carbons (Fsp3) is 0.417. The lowest BCUT2D eigenvalue weighted by molar-refractivity contribution is -0.120. The van der Waals surface area contributed by atoms with Gasteiger partial charge >= 0.3 is 0 Å². The van der Waals surface area contributed by atoms with E-state index >= 15 is 0 Å². The first-order valence-corrected chi connectivity index (χ1v) is 5.64. The van der Waals surface area contributed by atoms with Crippen molar-refractivity contribution < 1.29 is 14.3 Å². The average molecular weight is 258 g/mol.